The predicted octanol–water partition coefficient (Wildman–Crippen LogP) is 8.16. The van der Waals surface area contributed by atoms with Gasteiger partial charge in [0, 0.05) is 133 Å². The Labute approximate surface area is 578 Å². The van der Waals surface area contributed by atoms with Crippen molar-refractivity contribution in [2.75, 3.05) is 54.0 Å². The van der Waals surface area contributed by atoms with Crippen molar-refractivity contribution in [3.8, 4) is 45.6 Å². The predicted molar refractivity (Wildman–Crippen MR) is 365 cm³/mol. The molecule has 4 radical (unpaired) electrons. The fourth-order valence-electron chi connectivity index (χ4n) is 10.8. The van der Waals surface area contributed by atoms with Gasteiger partial charge in [-0.3, -0.25) is 9.59 Å². The molecule has 6 heterocycles. The normalized spacial score (nSPS) is 15.3. The molecular weight excluding hydrogens is 1250 g/mol. The second kappa shape index (κ2) is 36.5. The van der Waals surface area contributed by atoms with Crippen LogP contribution in [0, 0.1) is 20.8 Å². The number of hydrogen-bond donors (Lipinski definition) is 5. The van der Waals surface area contributed by atoms with Crippen LogP contribution in [0.2, 0.25) is 0 Å². The summed E-state index contributed by atoms with van der Waals surface area (Å²) >= 11 is 3.45. The van der Waals surface area contributed by atoms with Crippen LogP contribution in [0.5, 0.6) is 23.4 Å². The van der Waals surface area contributed by atoms with Crippen LogP contribution < -0.4 is 63.1 Å². The number of rotatable bonds is 19. The van der Waals surface area contributed by atoms with E-state index in [1.165, 1.54) is 0 Å². The Balaban J connectivity index is 0.000000205. The molecule has 0 saturated carbocycles. The summed E-state index contributed by atoms with van der Waals surface area (Å²) < 4.78 is 23.6. The van der Waals surface area contributed by atoms with E-state index in [1.54, 1.807) is 36.4 Å². The van der Waals surface area contributed by atoms with Crippen molar-refractivity contribution < 1.29 is 84.9 Å². The Hall–Kier alpha value is -7.88. The van der Waals surface area contributed by atoms with Gasteiger partial charge in [0.05, 0.1) is 46.1 Å². The number of nitrogens with zero attached hydrogens (tertiary/aromatic N) is 6. The van der Waals surface area contributed by atoms with E-state index < -0.39 is 0 Å². The minimum atomic E-state index is -0.0306. The molecule has 0 unspecified atom stereocenters. The van der Waals surface area contributed by atoms with E-state index in [-0.39, 0.29) is 84.1 Å². The molecule has 21 heteroatoms. The van der Waals surface area contributed by atoms with Gasteiger partial charge in [0.1, 0.15) is 36.6 Å². The van der Waals surface area contributed by atoms with Gasteiger partial charge in [-0.05, 0) is 132 Å². The topological polar surface area (TPSA) is 221 Å². The average molecular weight is 1330 g/mol. The summed E-state index contributed by atoms with van der Waals surface area (Å²) in [6, 6.07) is 51.8. The van der Waals surface area contributed by atoms with Gasteiger partial charge in [0.15, 0.2) is 0 Å². The molecule has 3 fully saturated rings. The zero-order chi connectivity index (χ0) is 64.1. The Bertz CT molecular complexity index is 3780. The number of aliphatic hydroxyl groups excluding tert-OH is 4. The molecule has 0 bridgehead atoms. The SMILES string of the molecule is Cc1ccc(O[C@H]2CCN(c3ccc(-c4ccc(C=O)cc4)cc3CO)C2)nc1.Cc1ccc(O[C@H]2CCN(c3ccc(-c4ccc(CO)cc4)cc3CO)C2)nc1.Cc1ccc(O[C@H]2CCN(c3ccc(Br)cc3CO)C2)nc1.O=Cc1ccc(O[B]O)cc1.[B].[H-].[Na+]. The van der Waals surface area contributed by atoms with Gasteiger partial charge in [-0.1, -0.05) is 94.8 Å². The first-order valence-corrected chi connectivity index (χ1v) is 31.0. The van der Waals surface area contributed by atoms with Crippen LogP contribution in [0.4, 0.5) is 17.1 Å². The third kappa shape index (κ3) is 20.8. The monoisotopic (exact) mass is 1320 g/mol. The molecule has 17 nitrogen and oxygen atoms in total. The number of halogens is 1. The van der Waals surface area contributed by atoms with Gasteiger partial charge < -0.3 is 60.4 Å². The first kappa shape index (κ1) is 72.5. The summed E-state index contributed by atoms with van der Waals surface area (Å²) in [6.07, 6.45) is 10.1. The smallest absolute Gasteiger partial charge is 1.00 e. The number of pyridine rings is 3. The summed E-state index contributed by atoms with van der Waals surface area (Å²) in [7, 11) is 0.593. The second-order valence-electron chi connectivity index (χ2n) is 22.4. The summed E-state index contributed by atoms with van der Waals surface area (Å²) in [6.45, 7) is 11.1. The summed E-state index contributed by atoms with van der Waals surface area (Å²) in [5.41, 5.74) is 15.5. The van der Waals surface area contributed by atoms with Crippen molar-refractivity contribution in [1.82, 2.24) is 15.0 Å². The van der Waals surface area contributed by atoms with E-state index in [4.69, 9.17) is 19.2 Å². The maximum Gasteiger partial charge on any atom is 1.00 e. The number of hydrogen-bond acceptors (Lipinski definition) is 17. The Morgan fingerprint density at radius 2 is 0.839 bits per heavy atom. The van der Waals surface area contributed by atoms with Crippen molar-refractivity contribution in [1.29, 1.82) is 0 Å². The first-order valence-electron chi connectivity index (χ1n) is 30.2. The molecule has 3 aliphatic heterocycles. The third-order valence-corrected chi connectivity index (χ3v) is 16.2. The molecular formula is C72H76B2BrN6NaO11. The van der Waals surface area contributed by atoms with E-state index in [1.807, 2.05) is 142 Å². The fourth-order valence-corrected chi connectivity index (χ4v) is 11.3. The Morgan fingerprint density at radius 1 is 0.484 bits per heavy atom. The average Bonchev–Trinajstić information content (AvgIpc) is 1.55. The van der Waals surface area contributed by atoms with Crippen molar-refractivity contribution in [2.45, 2.75) is 84.8 Å². The minimum absolute atomic E-state index is 0. The van der Waals surface area contributed by atoms with Crippen LogP contribution in [0.1, 0.15) is 80.3 Å². The molecule has 3 aromatic heterocycles. The molecule has 0 aliphatic carbocycles. The van der Waals surface area contributed by atoms with Crippen LogP contribution in [-0.2, 0) is 26.4 Å². The standard InChI is InChI=1S/C24H26N2O3.C24H24N2O3.C17H19BrN2O2.C7H6BO3.B.Na.H/c2*1-17-2-9-24(25-13-17)29-22-10-11-26(14-22)23-8-7-20(12-21(23)16-28)19-5-3-18(15-27)4-6-19;1-12-2-5-17(19-9-12)22-15-6-7-20(10-15)16-4-3-14(18)8-13(16)11-21;9-5-6-1-3-7(4-2-6)11-8-10;;;/h2-9,12-13,22,27-28H,10-11,14-16H2,1H3;2-9,12-13,15,22,28H,10-11,14,16H2,1H3;2-5,8-9,15,21H,6-7,10-11H2,1H3;1-5,10H;;;/q;;;;;+1;-1/t2*22-;15-;;;;/m000..../s1. The van der Waals surface area contributed by atoms with E-state index >= 15 is 0 Å². The number of anilines is 3. The van der Waals surface area contributed by atoms with Gasteiger partial charge >= 0.3 is 37.2 Å². The van der Waals surface area contributed by atoms with Crippen molar-refractivity contribution in [2.24, 2.45) is 0 Å². The number of aldehydes is 2. The minimum Gasteiger partial charge on any atom is -1.00 e. The molecule has 3 aliphatic rings. The van der Waals surface area contributed by atoms with E-state index in [2.05, 4.69) is 74.5 Å². The number of benzene rings is 6. The third-order valence-electron chi connectivity index (χ3n) is 15.7. The second-order valence-corrected chi connectivity index (χ2v) is 23.3. The Morgan fingerprint density at radius 3 is 1.18 bits per heavy atom. The molecule has 9 aromatic rings. The number of aliphatic hydroxyl groups is 4. The van der Waals surface area contributed by atoms with Crippen LogP contribution >= 0.6 is 15.9 Å². The summed E-state index contributed by atoms with van der Waals surface area (Å²) in [4.78, 5) is 40.8. The number of carbonyl (C=O) groups is 2. The first-order chi connectivity index (χ1) is 44.3. The van der Waals surface area contributed by atoms with Crippen LogP contribution in [0.3, 0.4) is 0 Å². The van der Waals surface area contributed by atoms with Crippen LogP contribution in [0.25, 0.3) is 22.3 Å². The summed E-state index contributed by atoms with van der Waals surface area (Å²) in [5.74, 6) is 2.49. The fraction of sp³-hybridized carbons (Fsp3) is 0.264. The molecule has 0 spiro atoms. The number of aromatic nitrogens is 3. The number of carbonyl (C=O) groups excluding carboxylic acids is 2. The molecule has 3 saturated heterocycles. The maximum atomic E-state index is 10.9. The van der Waals surface area contributed by atoms with Crippen molar-refractivity contribution in [3.05, 3.63) is 237 Å². The van der Waals surface area contributed by atoms with Gasteiger partial charge in [-0.2, -0.15) is 0 Å². The van der Waals surface area contributed by atoms with Crippen LogP contribution in [0.15, 0.2) is 187 Å². The van der Waals surface area contributed by atoms with Gasteiger partial charge in [0.2, 0.25) is 17.6 Å². The molecule has 12 rings (SSSR count). The molecule has 3 atom stereocenters. The molecule has 6 aromatic carbocycles. The molecule has 474 valence electrons. The van der Waals surface area contributed by atoms with E-state index in [0.29, 0.717) is 42.2 Å². The molecule has 5 N–H and O–H groups in total. The molecule has 93 heavy (non-hydrogen) atoms. The molecule has 0 amide bonds. The van der Waals surface area contributed by atoms with Crippen LogP contribution in [-0.4, -0.2) is 127 Å². The maximum absolute atomic E-state index is 10.9. The van der Waals surface area contributed by atoms with E-state index in [0.717, 1.165) is 154 Å². The quantitative estimate of drug-likeness (QED) is 0.0381. The zero-order valence-corrected chi connectivity index (χ0v) is 56.4. The Kier molecular flexibility index (Phi) is 28.5. The van der Waals surface area contributed by atoms with Gasteiger partial charge in [-0.25, -0.2) is 15.0 Å². The number of ether oxygens (including phenoxy) is 3. The zero-order valence-electron chi connectivity index (χ0n) is 53.8. The van der Waals surface area contributed by atoms with Crippen molar-refractivity contribution in [3.63, 3.8) is 0 Å². The summed E-state index contributed by atoms with van der Waals surface area (Å²) in [5, 5.41) is 46.9. The van der Waals surface area contributed by atoms with Gasteiger partial charge in [0.25, 0.3) is 0 Å². The van der Waals surface area contributed by atoms with Gasteiger partial charge in [-0.15, -0.1) is 0 Å². The van der Waals surface area contributed by atoms with E-state index in [9.17, 15) is 30.0 Å². The van der Waals surface area contributed by atoms with Crippen molar-refractivity contribution >= 4 is 61.7 Å². The number of aryl methyl sites for hydroxylation is 3. The largest absolute Gasteiger partial charge is 1.00 e.